The van der Waals surface area contributed by atoms with Gasteiger partial charge in [-0.2, -0.15) is 0 Å². The number of rotatable bonds is 17. The molecule has 0 fully saturated rings. The molecule has 0 aromatic heterocycles. The standard InChI is InChI=1S/C26H40O3/c1-2-3-4-5-6-7-8-9-20-25(27)21-14-12-18-23-16-10-11-17-24(23)19-13-15-22-26(28)29/h10-12,14,16-18,21,25,27H,2-9,13,15,19-20,22H2,1H3,(H,28,29). The number of hydrogen-bond donors (Lipinski definition) is 2. The Bertz CT molecular complexity index is 604. The lowest BCUT2D eigenvalue weighted by molar-refractivity contribution is -0.137. The number of aliphatic carboxylic acids is 1. The summed E-state index contributed by atoms with van der Waals surface area (Å²) in [6.45, 7) is 2.24. The van der Waals surface area contributed by atoms with Crippen LogP contribution in [-0.2, 0) is 11.2 Å². The van der Waals surface area contributed by atoms with Gasteiger partial charge in [0.2, 0.25) is 0 Å². The van der Waals surface area contributed by atoms with Crippen molar-refractivity contribution in [2.24, 2.45) is 0 Å². The molecule has 0 saturated heterocycles. The molecule has 29 heavy (non-hydrogen) atoms. The zero-order valence-electron chi connectivity index (χ0n) is 18.2. The lowest BCUT2D eigenvalue weighted by atomic mass is 10.0. The normalized spacial score (nSPS) is 12.8. The summed E-state index contributed by atoms with van der Waals surface area (Å²) >= 11 is 0. The summed E-state index contributed by atoms with van der Waals surface area (Å²) in [7, 11) is 0. The van der Waals surface area contributed by atoms with Crippen molar-refractivity contribution >= 4 is 12.0 Å². The second kappa shape index (κ2) is 17.0. The lowest BCUT2D eigenvalue weighted by Crippen LogP contribution is -2.01. The molecule has 1 unspecified atom stereocenters. The van der Waals surface area contributed by atoms with Crippen LogP contribution in [0.15, 0.2) is 42.5 Å². The van der Waals surface area contributed by atoms with Crippen molar-refractivity contribution in [1.82, 2.24) is 0 Å². The molecule has 0 spiro atoms. The fraction of sp³-hybridized carbons (Fsp3) is 0.577. The molecule has 0 aliphatic heterocycles. The van der Waals surface area contributed by atoms with E-state index in [0.717, 1.165) is 31.2 Å². The lowest BCUT2D eigenvalue weighted by Gasteiger charge is -2.06. The summed E-state index contributed by atoms with van der Waals surface area (Å²) in [4.78, 5) is 10.6. The highest BCUT2D eigenvalue weighted by molar-refractivity contribution is 5.66. The zero-order valence-corrected chi connectivity index (χ0v) is 18.2. The highest BCUT2D eigenvalue weighted by atomic mass is 16.4. The second-order valence-electron chi connectivity index (χ2n) is 7.87. The SMILES string of the molecule is CCCCCCCCCCC(O)C=CC=Cc1ccccc1CCCCC(=O)O. The number of aliphatic hydroxyl groups is 1. The fourth-order valence-corrected chi connectivity index (χ4v) is 3.45. The van der Waals surface area contributed by atoms with E-state index in [2.05, 4.69) is 25.1 Å². The maximum Gasteiger partial charge on any atom is 0.303 e. The summed E-state index contributed by atoms with van der Waals surface area (Å²) in [5.74, 6) is -0.728. The van der Waals surface area contributed by atoms with E-state index in [9.17, 15) is 9.90 Å². The smallest absolute Gasteiger partial charge is 0.303 e. The first-order chi connectivity index (χ1) is 14.1. The van der Waals surface area contributed by atoms with Crippen molar-refractivity contribution in [3.63, 3.8) is 0 Å². The molecular weight excluding hydrogens is 360 g/mol. The summed E-state index contributed by atoms with van der Waals surface area (Å²) < 4.78 is 0. The highest BCUT2D eigenvalue weighted by Crippen LogP contribution is 2.15. The third-order valence-electron chi connectivity index (χ3n) is 5.22. The van der Waals surface area contributed by atoms with Gasteiger partial charge in [-0.1, -0.05) is 107 Å². The predicted octanol–water partition coefficient (Wildman–Crippen LogP) is 6.95. The second-order valence-corrected chi connectivity index (χ2v) is 7.87. The van der Waals surface area contributed by atoms with Gasteiger partial charge in [0.05, 0.1) is 6.10 Å². The molecule has 3 nitrogen and oxygen atoms in total. The average Bonchev–Trinajstić information content (AvgIpc) is 2.71. The van der Waals surface area contributed by atoms with Gasteiger partial charge in [-0.3, -0.25) is 4.79 Å². The van der Waals surface area contributed by atoms with Crippen molar-refractivity contribution in [2.45, 2.75) is 96.5 Å². The van der Waals surface area contributed by atoms with Gasteiger partial charge in [-0.15, -0.1) is 0 Å². The van der Waals surface area contributed by atoms with Gasteiger partial charge in [0.25, 0.3) is 0 Å². The first-order valence-electron chi connectivity index (χ1n) is 11.5. The van der Waals surface area contributed by atoms with Gasteiger partial charge in [0.1, 0.15) is 0 Å². The molecule has 162 valence electrons. The molecule has 1 rings (SSSR count). The average molecular weight is 401 g/mol. The van der Waals surface area contributed by atoms with E-state index in [1.165, 1.54) is 50.5 Å². The van der Waals surface area contributed by atoms with Gasteiger partial charge in [0.15, 0.2) is 0 Å². The minimum atomic E-state index is -0.728. The van der Waals surface area contributed by atoms with Crippen molar-refractivity contribution in [2.75, 3.05) is 0 Å². The summed E-state index contributed by atoms with van der Waals surface area (Å²) in [6.07, 6.45) is 21.3. The van der Waals surface area contributed by atoms with E-state index in [0.29, 0.717) is 6.42 Å². The molecule has 0 bridgehead atoms. The quantitative estimate of drug-likeness (QED) is 0.220. The molecule has 1 aromatic carbocycles. The van der Waals surface area contributed by atoms with Crippen molar-refractivity contribution in [1.29, 1.82) is 0 Å². The monoisotopic (exact) mass is 400 g/mol. The van der Waals surface area contributed by atoms with Crippen LogP contribution in [0.1, 0.15) is 95.1 Å². The van der Waals surface area contributed by atoms with Crippen LogP contribution in [0.25, 0.3) is 6.08 Å². The number of allylic oxidation sites excluding steroid dienone is 2. The summed E-state index contributed by atoms with van der Waals surface area (Å²) in [5, 5.41) is 18.8. The maximum absolute atomic E-state index is 10.6. The number of benzene rings is 1. The largest absolute Gasteiger partial charge is 0.481 e. The Kier molecular flexibility index (Phi) is 14.8. The van der Waals surface area contributed by atoms with Crippen LogP contribution in [0.3, 0.4) is 0 Å². The van der Waals surface area contributed by atoms with Gasteiger partial charge in [-0.05, 0) is 36.8 Å². The topological polar surface area (TPSA) is 57.5 Å². The predicted molar refractivity (Wildman–Crippen MR) is 123 cm³/mol. The number of carboxylic acids is 1. The molecule has 0 radical (unpaired) electrons. The number of unbranched alkanes of at least 4 members (excludes halogenated alkanes) is 8. The molecule has 0 heterocycles. The molecule has 0 saturated carbocycles. The first kappa shape index (κ1) is 25.2. The van der Waals surface area contributed by atoms with Crippen molar-refractivity contribution in [3.8, 4) is 0 Å². The van der Waals surface area contributed by atoms with E-state index in [-0.39, 0.29) is 12.5 Å². The Morgan fingerprint density at radius 2 is 1.62 bits per heavy atom. The van der Waals surface area contributed by atoms with Crippen LogP contribution >= 0.6 is 0 Å². The third kappa shape index (κ3) is 13.9. The van der Waals surface area contributed by atoms with E-state index >= 15 is 0 Å². The number of aryl methyl sites for hydroxylation is 1. The van der Waals surface area contributed by atoms with Crippen LogP contribution in [-0.4, -0.2) is 22.3 Å². The third-order valence-corrected chi connectivity index (χ3v) is 5.22. The number of aliphatic hydroxyl groups excluding tert-OH is 1. The van der Waals surface area contributed by atoms with Crippen LogP contribution in [0.4, 0.5) is 0 Å². The van der Waals surface area contributed by atoms with E-state index in [1.807, 2.05) is 30.4 Å². The minimum absolute atomic E-state index is 0.234. The van der Waals surface area contributed by atoms with Crippen LogP contribution in [0.2, 0.25) is 0 Å². The van der Waals surface area contributed by atoms with E-state index in [1.54, 1.807) is 0 Å². The van der Waals surface area contributed by atoms with Crippen LogP contribution in [0, 0.1) is 0 Å². The molecule has 3 heteroatoms. The Morgan fingerprint density at radius 3 is 2.34 bits per heavy atom. The highest BCUT2D eigenvalue weighted by Gasteiger charge is 2.01. The molecule has 0 aliphatic rings. The van der Waals surface area contributed by atoms with E-state index in [4.69, 9.17) is 5.11 Å². The van der Waals surface area contributed by atoms with Crippen LogP contribution in [0.5, 0.6) is 0 Å². The molecular formula is C26H40O3. The fourth-order valence-electron chi connectivity index (χ4n) is 3.45. The van der Waals surface area contributed by atoms with Gasteiger partial charge < -0.3 is 10.2 Å². The van der Waals surface area contributed by atoms with Crippen molar-refractivity contribution < 1.29 is 15.0 Å². The van der Waals surface area contributed by atoms with Gasteiger partial charge >= 0.3 is 5.97 Å². The van der Waals surface area contributed by atoms with Crippen LogP contribution < -0.4 is 0 Å². The number of carboxylic acid groups (broad SMARTS) is 1. The van der Waals surface area contributed by atoms with E-state index < -0.39 is 5.97 Å². The number of hydrogen-bond acceptors (Lipinski definition) is 2. The zero-order chi connectivity index (χ0) is 21.2. The Balaban J connectivity index is 2.26. The Morgan fingerprint density at radius 1 is 0.931 bits per heavy atom. The maximum atomic E-state index is 10.6. The Hall–Kier alpha value is -1.87. The minimum Gasteiger partial charge on any atom is -0.481 e. The number of carbonyl (C=O) groups is 1. The molecule has 1 atom stereocenters. The summed E-state index contributed by atoms with van der Waals surface area (Å²) in [5.41, 5.74) is 2.40. The van der Waals surface area contributed by atoms with Gasteiger partial charge in [-0.25, -0.2) is 0 Å². The van der Waals surface area contributed by atoms with Crippen molar-refractivity contribution in [3.05, 3.63) is 53.6 Å². The molecule has 1 aromatic rings. The first-order valence-corrected chi connectivity index (χ1v) is 11.5. The summed E-state index contributed by atoms with van der Waals surface area (Å²) in [6, 6.07) is 8.21. The Labute approximate surface area is 177 Å². The molecule has 0 aliphatic carbocycles. The van der Waals surface area contributed by atoms with Gasteiger partial charge in [0, 0.05) is 6.42 Å². The molecule has 2 N–H and O–H groups in total. The molecule has 0 amide bonds.